The Morgan fingerprint density at radius 1 is 1.07 bits per heavy atom. The number of ether oxygens (including phenoxy) is 2. The summed E-state index contributed by atoms with van der Waals surface area (Å²) in [6.07, 6.45) is 7.08. The molecule has 5 heteroatoms. The maximum absolute atomic E-state index is 11.2. The lowest BCUT2D eigenvalue weighted by Crippen LogP contribution is -2.06. The zero-order valence-electron chi connectivity index (χ0n) is 16.4. The second-order valence-corrected chi connectivity index (χ2v) is 6.38. The van der Waals surface area contributed by atoms with Gasteiger partial charge in [-0.3, -0.25) is 0 Å². The molecule has 0 saturated heterocycles. The first-order valence-electron chi connectivity index (χ1n) is 9.36. The number of unbranched alkanes of at least 4 members (excludes halogenated alkanes) is 3. The van der Waals surface area contributed by atoms with Crippen molar-refractivity contribution in [2.45, 2.75) is 32.6 Å². The standard InChI is InChI=1S/C23H27NO4/c1-5-20-21(6-2)28-22(24-20)18-11-13-19(14-12-18)26-15-9-7-8-10-16-27-23(25)17(3)4/h5-6,11-14H,1-3,7-10,15-16H2,4H3. The third kappa shape index (κ3) is 6.27. The van der Waals surface area contributed by atoms with E-state index in [9.17, 15) is 4.79 Å². The van der Waals surface area contributed by atoms with E-state index in [1.165, 1.54) is 0 Å². The van der Waals surface area contributed by atoms with Gasteiger partial charge in [-0.05, 0) is 69.0 Å². The van der Waals surface area contributed by atoms with Gasteiger partial charge >= 0.3 is 5.97 Å². The summed E-state index contributed by atoms with van der Waals surface area (Å²) in [7, 11) is 0. The largest absolute Gasteiger partial charge is 0.494 e. The van der Waals surface area contributed by atoms with Crippen LogP contribution in [0.3, 0.4) is 0 Å². The Labute approximate surface area is 166 Å². The quantitative estimate of drug-likeness (QED) is 0.269. The van der Waals surface area contributed by atoms with Crippen molar-refractivity contribution in [3.05, 3.63) is 61.0 Å². The lowest BCUT2D eigenvalue weighted by Gasteiger charge is -2.07. The molecule has 0 aliphatic heterocycles. The molecule has 148 valence electrons. The van der Waals surface area contributed by atoms with Crippen LogP contribution >= 0.6 is 0 Å². The highest BCUT2D eigenvalue weighted by Gasteiger charge is 2.10. The Morgan fingerprint density at radius 3 is 2.32 bits per heavy atom. The first kappa shape index (κ1) is 21.2. The molecule has 0 atom stereocenters. The third-order valence-corrected chi connectivity index (χ3v) is 4.05. The number of hydrogen-bond acceptors (Lipinski definition) is 5. The molecule has 0 unspecified atom stereocenters. The van der Waals surface area contributed by atoms with Crippen LogP contribution in [0.1, 0.15) is 44.1 Å². The highest BCUT2D eigenvalue weighted by Crippen LogP contribution is 2.25. The summed E-state index contributed by atoms with van der Waals surface area (Å²) >= 11 is 0. The molecule has 5 nitrogen and oxygen atoms in total. The molecule has 0 amide bonds. The van der Waals surface area contributed by atoms with Crippen molar-refractivity contribution in [2.75, 3.05) is 13.2 Å². The van der Waals surface area contributed by atoms with Crippen LogP contribution in [-0.4, -0.2) is 24.2 Å². The molecule has 1 aromatic carbocycles. The molecular formula is C23H27NO4. The van der Waals surface area contributed by atoms with E-state index in [0.29, 0.717) is 36.1 Å². The van der Waals surface area contributed by atoms with Crippen LogP contribution in [-0.2, 0) is 9.53 Å². The minimum Gasteiger partial charge on any atom is -0.494 e. The van der Waals surface area contributed by atoms with Gasteiger partial charge in [-0.25, -0.2) is 9.78 Å². The maximum Gasteiger partial charge on any atom is 0.333 e. The first-order chi connectivity index (χ1) is 13.5. The van der Waals surface area contributed by atoms with Gasteiger partial charge in [0.2, 0.25) is 5.89 Å². The van der Waals surface area contributed by atoms with Gasteiger partial charge in [0.1, 0.15) is 11.4 Å². The predicted octanol–water partition coefficient (Wildman–Crippen LogP) is 5.69. The molecule has 0 fully saturated rings. The van der Waals surface area contributed by atoms with Crippen LogP contribution in [0, 0.1) is 0 Å². The third-order valence-electron chi connectivity index (χ3n) is 4.05. The molecule has 0 aliphatic carbocycles. The van der Waals surface area contributed by atoms with Crippen molar-refractivity contribution >= 4 is 18.1 Å². The number of hydrogen-bond donors (Lipinski definition) is 0. The van der Waals surface area contributed by atoms with E-state index in [2.05, 4.69) is 24.7 Å². The summed E-state index contributed by atoms with van der Waals surface area (Å²) in [6, 6.07) is 7.63. The van der Waals surface area contributed by atoms with Crippen LogP contribution in [0.2, 0.25) is 0 Å². The zero-order chi connectivity index (χ0) is 20.4. The molecule has 2 rings (SSSR count). The summed E-state index contributed by atoms with van der Waals surface area (Å²) in [5.41, 5.74) is 1.98. The molecule has 0 bridgehead atoms. The Hall–Kier alpha value is -3.08. The number of oxazole rings is 1. The number of benzene rings is 1. The Balaban J connectivity index is 1.68. The summed E-state index contributed by atoms with van der Waals surface area (Å²) in [6.45, 7) is 13.7. The molecule has 0 spiro atoms. The molecule has 0 radical (unpaired) electrons. The number of rotatable bonds is 12. The minimum atomic E-state index is -0.321. The van der Waals surface area contributed by atoms with Gasteiger partial charge in [0.15, 0.2) is 5.76 Å². The van der Waals surface area contributed by atoms with E-state index in [1.807, 2.05) is 24.3 Å². The summed E-state index contributed by atoms with van der Waals surface area (Å²) in [4.78, 5) is 15.6. The minimum absolute atomic E-state index is 0.321. The smallest absolute Gasteiger partial charge is 0.333 e. The molecule has 1 heterocycles. The van der Waals surface area contributed by atoms with Gasteiger partial charge < -0.3 is 13.9 Å². The molecule has 0 aliphatic rings. The summed E-state index contributed by atoms with van der Waals surface area (Å²) < 4.78 is 16.5. The monoisotopic (exact) mass is 381 g/mol. The zero-order valence-corrected chi connectivity index (χ0v) is 16.4. The van der Waals surface area contributed by atoms with E-state index in [1.54, 1.807) is 19.1 Å². The number of esters is 1. The van der Waals surface area contributed by atoms with Crippen LogP contribution in [0.25, 0.3) is 23.6 Å². The number of carbonyl (C=O) groups is 1. The van der Waals surface area contributed by atoms with E-state index >= 15 is 0 Å². The predicted molar refractivity (Wildman–Crippen MR) is 112 cm³/mol. The van der Waals surface area contributed by atoms with Crippen molar-refractivity contribution < 1.29 is 18.7 Å². The number of carbonyl (C=O) groups excluding carboxylic acids is 1. The lowest BCUT2D eigenvalue weighted by atomic mass is 10.2. The van der Waals surface area contributed by atoms with Gasteiger partial charge in [-0.15, -0.1) is 0 Å². The number of aromatic nitrogens is 1. The van der Waals surface area contributed by atoms with Crippen molar-refractivity contribution in [3.8, 4) is 17.2 Å². The maximum atomic E-state index is 11.2. The van der Waals surface area contributed by atoms with E-state index in [4.69, 9.17) is 13.9 Å². The molecule has 0 saturated carbocycles. The Morgan fingerprint density at radius 2 is 1.75 bits per heavy atom. The highest BCUT2D eigenvalue weighted by molar-refractivity contribution is 5.86. The molecule has 1 aromatic heterocycles. The first-order valence-corrected chi connectivity index (χ1v) is 9.36. The van der Waals surface area contributed by atoms with Crippen LogP contribution < -0.4 is 4.74 Å². The summed E-state index contributed by atoms with van der Waals surface area (Å²) in [5.74, 6) is 1.62. The van der Waals surface area contributed by atoms with Gasteiger partial charge in [0.05, 0.1) is 13.2 Å². The molecule has 0 N–H and O–H groups in total. The highest BCUT2D eigenvalue weighted by atomic mass is 16.5. The van der Waals surface area contributed by atoms with Gasteiger partial charge in [-0.1, -0.05) is 19.7 Å². The van der Waals surface area contributed by atoms with Crippen molar-refractivity contribution in [2.24, 2.45) is 0 Å². The van der Waals surface area contributed by atoms with E-state index in [-0.39, 0.29) is 5.97 Å². The normalized spacial score (nSPS) is 10.3. The second kappa shape index (κ2) is 10.9. The summed E-state index contributed by atoms with van der Waals surface area (Å²) in [5, 5.41) is 0. The SMILES string of the molecule is C=Cc1nc(-c2ccc(OCCCCCCOC(=O)C(=C)C)cc2)oc1C=C. The molecular weight excluding hydrogens is 354 g/mol. The fourth-order valence-corrected chi connectivity index (χ4v) is 2.49. The van der Waals surface area contributed by atoms with Crippen molar-refractivity contribution in [1.29, 1.82) is 0 Å². The second-order valence-electron chi connectivity index (χ2n) is 6.38. The Kier molecular flexibility index (Phi) is 8.28. The number of nitrogens with zero attached hydrogens (tertiary/aromatic N) is 1. The van der Waals surface area contributed by atoms with Gasteiger partial charge in [0, 0.05) is 11.1 Å². The Bertz CT molecular complexity index is 792. The fraction of sp³-hybridized carbons (Fsp3) is 0.304. The average molecular weight is 381 g/mol. The van der Waals surface area contributed by atoms with Gasteiger partial charge in [0.25, 0.3) is 0 Å². The molecule has 28 heavy (non-hydrogen) atoms. The average Bonchev–Trinajstić information content (AvgIpc) is 3.13. The van der Waals surface area contributed by atoms with Crippen molar-refractivity contribution in [1.82, 2.24) is 4.98 Å². The van der Waals surface area contributed by atoms with E-state index in [0.717, 1.165) is 37.0 Å². The lowest BCUT2D eigenvalue weighted by molar-refractivity contribution is -0.139. The van der Waals surface area contributed by atoms with Crippen molar-refractivity contribution in [3.63, 3.8) is 0 Å². The van der Waals surface area contributed by atoms with Crippen LogP contribution in [0.5, 0.6) is 5.75 Å². The molecule has 2 aromatic rings. The van der Waals surface area contributed by atoms with E-state index < -0.39 is 0 Å². The van der Waals surface area contributed by atoms with Gasteiger partial charge in [-0.2, -0.15) is 0 Å². The topological polar surface area (TPSA) is 61.6 Å². The van der Waals surface area contributed by atoms with Crippen LogP contribution in [0.4, 0.5) is 0 Å². The fourth-order valence-electron chi connectivity index (χ4n) is 2.49. The van der Waals surface area contributed by atoms with Crippen LogP contribution in [0.15, 0.2) is 54.0 Å².